The summed E-state index contributed by atoms with van der Waals surface area (Å²) in [4.78, 5) is 18.6. The van der Waals surface area contributed by atoms with E-state index in [1.807, 2.05) is 27.7 Å². The number of ether oxygens (including phenoxy) is 1. The Morgan fingerprint density at radius 3 is 2.69 bits per heavy atom. The standard InChI is InChI=1S/C12H20N2O2/c1-5-16-7-6-10-13-9(12(2,3)4)8-11(15)14-10/h8H,5-7H2,1-4H3,(H,13,14,15). The summed E-state index contributed by atoms with van der Waals surface area (Å²) in [6.45, 7) is 9.35. The van der Waals surface area contributed by atoms with E-state index in [9.17, 15) is 4.79 Å². The van der Waals surface area contributed by atoms with Crippen LogP contribution in [0.5, 0.6) is 0 Å². The Morgan fingerprint density at radius 1 is 1.44 bits per heavy atom. The largest absolute Gasteiger partial charge is 0.381 e. The summed E-state index contributed by atoms with van der Waals surface area (Å²) in [5.41, 5.74) is 0.628. The summed E-state index contributed by atoms with van der Waals surface area (Å²) < 4.78 is 5.24. The van der Waals surface area contributed by atoms with Crippen molar-refractivity contribution < 1.29 is 4.74 Å². The van der Waals surface area contributed by atoms with E-state index in [-0.39, 0.29) is 11.0 Å². The van der Waals surface area contributed by atoms with Crippen LogP contribution in [0.2, 0.25) is 0 Å². The molecule has 0 atom stereocenters. The highest BCUT2D eigenvalue weighted by molar-refractivity contribution is 5.12. The minimum absolute atomic E-state index is 0.0913. The van der Waals surface area contributed by atoms with Crippen LogP contribution in [0.3, 0.4) is 0 Å². The topological polar surface area (TPSA) is 55.0 Å². The van der Waals surface area contributed by atoms with Crippen molar-refractivity contribution in [1.82, 2.24) is 9.97 Å². The molecule has 1 aromatic heterocycles. The second-order valence-corrected chi connectivity index (χ2v) is 4.77. The Labute approximate surface area is 96.1 Å². The molecule has 1 rings (SSSR count). The lowest BCUT2D eigenvalue weighted by Crippen LogP contribution is -2.21. The minimum Gasteiger partial charge on any atom is -0.381 e. The molecule has 1 aromatic rings. The Morgan fingerprint density at radius 2 is 2.12 bits per heavy atom. The summed E-state index contributed by atoms with van der Waals surface area (Å²) in [6.07, 6.45) is 0.646. The van der Waals surface area contributed by atoms with Crippen LogP contribution in [-0.4, -0.2) is 23.2 Å². The van der Waals surface area contributed by atoms with Gasteiger partial charge in [0.15, 0.2) is 0 Å². The summed E-state index contributed by atoms with van der Waals surface area (Å²) in [5.74, 6) is 0.700. The number of aromatic amines is 1. The molecule has 90 valence electrons. The number of nitrogens with one attached hydrogen (secondary N) is 1. The van der Waals surface area contributed by atoms with E-state index in [2.05, 4.69) is 9.97 Å². The molecule has 1 heterocycles. The van der Waals surface area contributed by atoms with Gasteiger partial charge in [-0.05, 0) is 6.92 Å². The summed E-state index contributed by atoms with van der Waals surface area (Å²) in [5, 5.41) is 0. The van der Waals surface area contributed by atoms with Crippen LogP contribution in [0.15, 0.2) is 10.9 Å². The van der Waals surface area contributed by atoms with Gasteiger partial charge >= 0.3 is 0 Å². The lowest BCUT2D eigenvalue weighted by molar-refractivity contribution is 0.149. The van der Waals surface area contributed by atoms with Gasteiger partial charge in [-0.15, -0.1) is 0 Å². The van der Waals surface area contributed by atoms with Crippen molar-refractivity contribution in [2.24, 2.45) is 0 Å². The van der Waals surface area contributed by atoms with E-state index >= 15 is 0 Å². The SMILES string of the molecule is CCOCCc1nc(C(C)(C)C)cc(=O)[nH]1. The maximum atomic E-state index is 11.5. The first-order valence-electron chi connectivity index (χ1n) is 5.62. The van der Waals surface area contributed by atoms with Gasteiger partial charge in [0.05, 0.1) is 12.3 Å². The van der Waals surface area contributed by atoms with Gasteiger partial charge < -0.3 is 9.72 Å². The van der Waals surface area contributed by atoms with Crippen LogP contribution in [-0.2, 0) is 16.6 Å². The quantitative estimate of drug-likeness (QED) is 0.791. The minimum atomic E-state index is -0.103. The fraction of sp³-hybridized carbons (Fsp3) is 0.667. The molecule has 0 radical (unpaired) electrons. The molecule has 0 unspecified atom stereocenters. The predicted octanol–water partition coefficient (Wildman–Crippen LogP) is 1.65. The zero-order valence-electron chi connectivity index (χ0n) is 10.5. The second-order valence-electron chi connectivity index (χ2n) is 4.77. The molecule has 16 heavy (non-hydrogen) atoms. The number of nitrogens with zero attached hydrogens (tertiary/aromatic N) is 1. The third-order valence-corrected chi connectivity index (χ3v) is 2.25. The van der Waals surface area contributed by atoms with Crippen molar-refractivity contribution in [3.8, 4) is 0 Å². The van der Waals surface area contributed by atoms with E-state index in [1.54, 1.807) is 6.07 Å². The molecule has 0 fully saturated rings. The van der Waals surface area contributed by atoms with Gasteiger partial charge in [0, 0.05) is 24.5 Å². The van der Waals surface area contributed by atoms with Crippen molar-refractivity contribution in [2.45, 2.75) is 39.5 Å². The highest BCUT2D eigenvalue weighted by Crippen LogP contribution is 2.18. The zero-order chi connectivity index (χ0) is 12.2. The van der Waals surface area contributed by atoms with Crippen LogP contribution in [0.4, 0.5) is 0 Å². The van der Waals surface area contributed by atoms with Crippen molar-refractivity contribution in [2.75, 3.05) is 13.2 Å². The third kappa shape index (κ3) is 3.77. The van der Waals surface area contributed by atoms with Gasteiger partial charge in [-0.3, -0.25) is 4.79 Å². The number of hydrogen-bond donors (Lipinski definition) is 1. The van der Waals surface area contributed by atoms with Crippen LogP contribution < -0.4 is 5.56 Å². The highest BCUT2D eigenvalue weighted by atomic mass is 16.5. The molecule has 4 nitrogen and oxygen atoms in total. The fourth-order valence-electron chi connectivity index (χ4n) is 1.32. The highest BCUT2D eigenvalue weighted by Gasteiger charge is 2.16. The normalized spacial score (nSPS) is 11.8. The molecule has 0 aliphatic rings. The summed E-state index contributed by atoms with van der Waals surface area (Å²) in [7, 11) is 0. The van der Waals surface area contributed by atoms with E-state index in [1.165, 1.54) is 0 Å². The Kier molecular flexibility index (Phi) is 4.24. The Balaban J connectivity index is 2.86. The van der Waals surface area contributed by atoms with E-state index < -0.39 is 0 Å². The molecule has 0 aromatic carbocycles. The summed E-state index contributed by atoms with van der Waals surface area (Å²) in [6, 6.07) is 1.56. The first kappa shape index (κ1) is 12.9. The average molecular weight is 224 g/mol. The zero-order valence-corrected chi connectivity index (χ0v) is 10.5. The van der Waals surface area contributed by atoms with Gasteiger partial charge in [0.1, 0.15) is 5.82 Å². The van der Waals surface area contributed by atoms with E-state index in [0.717, 1.165) is 5.69 Å². The molecule has 0 amide bonds. The first-order valence-corrected chi connectivity index (χ1v) is 5.62. The number of hydrogen-bond acceptors (Lipinski definition) is 3. The van der Waals surface area contributed by atoms with Crippen LogP contribution in [0.25, 0.3) is 0 Å². The molecule has 0 saturated heterocycles. The molecular weight excluding hydrogens is 204 g/mol. The van der Waals surface area contributed by atoms with Gasteiger partial charge in [0.2, 0.25) is 0 Å². The number of aromatic nitrogens is 2. The maximum absolute atomic E-state index is 11.5. The Bertz CT molecular complexity index is 391. The van der Waals surface area contributed by atoms with Crippen LogP contribution in [0, 0.1) is 0 Å². The van der Waals surface area contributed by atoms with Crippen molar-refractivity contribution in [3.63, 3.8) is 0 Å². The van der Waals surface area contributed by atoms with E-state index in [0.29, 0.717) is 25.5 Å². The molecule has 0 aliphatic carbocycles. The molecule has 0 spiro atoms. The second kappa shape index (κ2) is 5.25. The average Bonchev–Trinajstić information content (AvgIpc) is 2.16. The van der Waals surface area contributed by atoms with Gasteiger partial charge in [-0.2, -0.15) is 0 Å². The van der Waals surface area contributed by atoms with Crippen molar-refractivity contribution in [1.29, 1.82) is 0 Å². The van der Waals surface area contributed by atoms with Crippen molar-refractivity contribution in [3.05, 3.63) is 27.9 Å². The lowest BCUT2D eigenvalue weighted by atomic mass is 9.92. The first-order chi connectivity index (χ1) is 7.43. The fourth-order valence-corrected chi connectivity index (χ4v) is 1.32. The molecule has 4 heteroatoms. The molecule has 1 N–H and O–H groups in total. The monoisotopic (exact) mass is 224 g/mol. The Hall–Kier alpha value is -1.16. The maximum Gasteiger partial charge on any atom is 0.251 e. The smallest absolute Gasteiger partial charge is 0.251 e. The molecule has 0 aliphatic heterocycles. The lowest BCUT2D eigenvalue weighted by Gasteiger charge is -2.17. The van der Waals surface area contributed by atoms with Crippen molar-refractivity contribution >= 4 is 0 Å². The van der Waals surface area contributed by atoms with E-state index in [4.69, 9.17) is 4.74 Å². The molecular formula is C12H20N2O2. The molecule has 0 bridgehead atoms. The summed E-state index contributed by atoms with van der Waals surface area (Å²) >= 11 is 0. The third-order valence-electron chi connectivity index (χ3n) is 2.25. The van der Waals surface area contributed by atoms with Crippen LogP contribution in [0.1, 0.15) is 39.2 Å². The molecule has 0 saturated carbocycles. The number of rotatable bonds is 4. The predicted molar refractivity (Wildman–Crippen MR) is 63.8 cm³/mol. The van der Waals surface area contributed by atoms with Gasteiger partial charge in [-0.25, -0.2) is 4.98 Å². The van der Waals surface area contributed by atoms with Crippen LogP contribution >= 0.6 is 0 Å². The number of H-pyrrole nitrogens is 1. The van der Waals surface area contributed by atoms with Gasteiger partial charge in [0.25, 0.3) is 5.56 Å². The van der Waals surface area contributed by atoms with Gasteiger partial charge in [-0.1, -0.05) is 20.8 Å².